The Hall–Kier alpha value is -2.07. The molecule has 0 radical (unpaired) electrons. The molecule has 0 aliphatic heterocycles. The Morgan fingerprint density at radius 3 is 2.44 bits per heavy atom. The van der Waals surface area contributed by atoms with E-state index >= 15 is 0 Å². The lowest BCUT2D eigenvalue weighted by molar-refractivity contribution is 0.102. The minimum Gasteiger partial charge on any atom is -0.508 e. The van der Waals surface area contributed by atoms with Crippen LogP contribution in [-0.2, 0) is 0 Å². The first-order valence-corrected chi connectivity index (χ1v) is 5.49. The van der Waals surface area contributed by atoms with Crippen molar-refractivity contribution in [3.63, 3.8) is 0 Å². The highest BCUT2D eigenvalue weighted by molar-refractivity contribution is 6.30. The zero-order valence-electron chi connectivity index (χ0n) is 9.15. The average Bonchev–Trinajstić information content (AvgIpc) is 2.32. The predicted molar refractivity (Wildman–Crippen MR) is 67.5 cm³/mol. The van der Waals surface area contributed by atoms with Crippen LogP contribution in [0.25, 0.3) is 0 Å². The van der Waals surface area contributed by atoms with E-state index in [0.717, 1.165) is 6.07 Å². The Morgan fingerprint density at radius 2 is 1.83 bits per heavy atom. The summed E-state index contributed by atoms with van der Waals surface area (Å²) < 4.78 is 13.4. The van der Waals surface area contributed by atoms with E-state index in [2.05, 4.69) is 5.32 Å². The second kappa shape index (κ2) is 5.06. The minimum atomic E-state index is -0.776. The van der Waals surface area contributed by atoms with Gasteiger partial charge in [0.05, 0.1) is 5.56 Å². The molecular formula is C13H9ClFNO2. The maximum Gasteiger partial charge on any atom is 0.258 e. The molecule has 0 aliphatic carbocycles. The molecule has 1 amide bonds. The molecule has 2 aromatic carbocycles. The molecular weight excluding hydrogens is 257 g/mol. The van der Waals surface area contributed by atoms with Gasteiger partial charge in [0, 0.05) is 16.8 Å². The molecule has 0 aromatic heterocycles. The molecule has 0 spiro atoms. The molecule has 0 aliphatic rings. The number of aromatic hydroxyl groups is 1. The van der Waals surface area contributed by atoms with E-state index in [1.165, 1.54) is 12.1 Å². The monoisotopic (exact) mass is 265 g/mol. The lowest BCUT2D eigenvalue weighted by atomic mass is 10.2. The molecule has 92 valence electrons. The second-order valence-corrected chi connectivity index (χ2v) is 4.06. The van der Waals surface area contributed by atoms with Gasteiger partial charge in [0.25, 0.3) is 5.91 Å². The Balaban J connectivity index is 2.19. The summed E-state index contributed by atoms with van der Waals surface area (Å²) in [4.78, 5) is 11.8. The first kappa shape index (κ1) is 12.4. The third-order valence-electron chi connectivity index (χ3n) is 2.30. The van der Waals surface area contributed by atoms with E-state index in [4.69, 9.17) is 16.7 Å². The maximum atomic E-state index is 13.4. The van der Waals surface area contributed by atoms with E-state index in [9.17, 15) is 9.18 Å². The predicted octanol–water partition coefficient (Wildman–Crippen LogP) is 3.44. The van der Waals surface area contributed by atoms with Crippen LogP contribution in [-0.4, -0.2) is 11.0 Å². The lowest BCUT2D eigenvalue weighted by Gasteiger charge is -2.06. The molecule has 18 heavy (non-hydrogen) atoms. The van der Waals surface area contributed by atoms with Crippen molar-refractivity contribution in [3.05, 3.63) is 58.9 Å². The highest BCUT2D eigenvalue weighted by atomic mass is 35.5. The van der Waals surface area contributed by atoms with Gasteiger partial charge in [-0.15, -0.1) is 0 Å². The molecule has 0 atom stereocenters. The highest BCUT2D eigenvalue weighted by Crippen LogP contribution is 2.18. The summed E-state index contributed by atoms with van der Waals surface area (Å²) in [6.07, 6.45) is 0. The van der Waals surface area contributed by atoms with E-state index in [-0.39, 0.29) is 11.3 Å². The number of anilines is 1. The molecule has 2 N–H and O–H groups in total. The van der Waals surface area contributed by atoms with Gasteiger partial charge < -0.3 is 10.4 Å². The summed E-state index contributed by atoms with van der Waals surface area (Å²) in [5.41, 5.74) is 0.375. The first-order chi connectivity index (χ1) is 8.56. The summed E-state index contributed by atoms with van der Waals surface area (Å²) in [5, 5.41) is 12.1. The SMILES string of the molecule is O=C(Nc1ccc(Cl)cc1)c1ccc(O)cc1F. The Bertz CT molecular complexity index is 584. The molecule has 3 nitrogen and oxygen atoms in total. The van der Waals surface area contributed by atoms with Crippen molar-refractivity contribution in [1.29, 1.82) is 0 Å². The van der Waals surface area contributed by atoms with Gasteiger partial charge in [0.1, 0.15) is 11.6 Å². The zero-order valence-corrected chi connectivity index (χ0v) is 9.91. The number of hydrogen-bond acceptors (Lipinski definition) is 2. The number of nitrogens with one attached hydrogen (secondary N) is 1. The van der Waals surface area contributed by atoms with Gasteiger partial charge in [-0.25, -0.2) is 4.39 Å². The van der Waals surface area contributed by atoms with Crippen LogP contribution in [0.2, 0.25) is 5.02 Å². The van der Waals surface area contributed by atoms with Gasteiger partial charge in [0.15, 0.2) is 0 Å². The van der Waals surface area contributed by atoms with Crippen LogP contribution in [0.3, 0.4) is 0 Å². The first-order valence-electron chi connectivity index (χ1n) is 5.12. The standard InChI is InChI=1S/C13H9ClFNO2/c14-8-1-3-9(4-2-8)16-13(18)11-6-5-10(17)7-12(11)15/h1-7,17H,(H,16,18). The fourth-order valence-corrected chi connectivity index (χ4v) is 1.55. The maximum absolute atomic E-state index is 13.4. The Labute approximate surface area is 108 Å². The lowest BCUT2D eigenvalue weighted by Crippen LogP contribution is -2.13. The number of phenolic OH excluding ortho intramolecular Hbond substituents is 1. The van der Waals surface area contributed by atoms with Crippen molar-refractivity contribution in [1.82, 2.24) is 0 Å². The molecule has 5 heteroatoms. The number of amides is 1. The van der Waals surface area contributed by atoms with E-state index in [1.807, 2.05) is 0 Å². The molecule has 2 aromatic rings. The Morgan fingerprint density at radius 1 is 1.17 bits per heavy atom. The van der Waals surface area contributed by atoms with Crippen LogP contribution >= 0.6 is 11.6 Å². The summed E-state index contributed by atoms with van der Waals surface area (Å²) in [6.45, 7) is 0. The number of benzene rings is 2. The van der Waals surface area contributed by atoms with Crippen molar-refractivity contribution in [2.75, 3.05) is 5.32 Å². The quantitative estimate of drug-likeness (QED) is 0.874. The van der Waals surface area contributed by atoms with Crippen molar-refractivity contribution in [2.45, 2.75) is 0 Å². The third kappa shape index (κ3) is 2.78. The van der Waals surface area contributed by atoms with E-state index in [0.29, 0.717) is 10.7 Å². The highest BCUT2D eigenvalue weighted by Gasteiger charge is 2.12. The summed E-state index contributed by atoms with van der Waals surface area (Å²) in [7, 11) is 0. The van der Waals surface area contributed by atoms with E-state index in [1.54, 1.807) is 24.3 Å². The summed E-state index contributed by atoms with van der Waals surface area (Å²) >= 11 is 5.71. The van der Waals surface area contributed by atoms with E-state index < -0.39 is 11.7 Å². The molecule has 0 saturated heterocycles. The van der Waals surface area contributed by atoms with Gasteiger partial charge in [-0.2, -0.15) is 0 Å². The van der Waals surface area contributed by atoms with Gasteiger partial charge in [0.2, 0.25) is 0 Å². The molecule has 0 unspecified atom stereocenters. The van der Waals surface area contributed by atoms with Crippen molar-refractivity contribution in [2.24, 2.45) is 0 Å². The topological polar surface area (TPSA) is 49.3 Å². The molecule has 0 fully saturated rings. The molecule has 0 bridgehead atoms. The average molecular weight is 266 g/mol. The largest absolute Gasteiger partial charge is 0.508 e. The number of hydrogen-bond donors (Lipinski definition) is 2. The van der Waals surface area contributed by atoms with Crippen molar-refractivity contribution in [3.8, 4) is 5.75 Å². The van der Waals surface area contributed by atoms with Gasteiger partial charge >= 0.3 is 0 Å². The Kier molecular flexibility index (Phi) is 3.48. The summed E-state index contributed by atoms with van der Waals surface area (Å²) in [6, 6.07) is 9.80. The van der Waals surface area contributed by atoms with Crippen LogP contribution in [0.1, 0.15) is 10.4 Å². The zero-order chi connectivity index (χ0) is 13.1. The van der Waals surface area contributed by atoms with Crippen LogP contribution in [0.4, 0.5) is 10.1 Å². The number of halogens is 2. The fraction of sp³-hybridized carbons (Fsp3) is 0. The molecule has 0 saturated carbocycles. The summed E-state index contributed by atoms with van der Waals surface area (Å²) in [5.74, 6) is -1.59. The van der Waals surface area contributed by atoms with Crippen LogP contribution < -0.4 is 5.32 Å². The van der Waals surface area contributed by atoms with Gasteiger partial charge in [-0.3, -0.25) is 4.79 Å². The third-order valence-corrected chi connectivity index (χ3v) is 2.55. The van der Waals surface area contributed by atoms with Gasteiger partial charge in [-0.1, -0.05) is 11.6 Å². The van der Waals surface area contributed by atoms with Crippen molar-refractivity contribution >= 4 is 23.2 Å². The van der Waals surface area contributed by atoms with Crippen LogP contribution in [0, 0.1) is 5.82 Å². The molecule has 2 rings (SSSR count). The van der Waals surface area contributed by atoms with Gasteiger partial charge in [-0.05, 0) is 36.4 Å². The number of phenols is 1. The smallest absolute Gasteiger partial charge is 0.258 e. The molecule has 0 heterocycles. The minimum absolute atomic E-state index is 0.136. The normalized spacial score (nSPS) is 10.1. The van der Waals surface area contributed by atoms with Crippen LogP contribution in [0.15, 0.2) is 42.5 Å². The van der Waals surface area contributed by atoms with Crippen molar-refractivity contribution < 1.29 is 14.3 Å². The number of carbonyl (C=O) groups is 1. The second-order valence-electron chi connectivity index (χ2n) is 3.63. The fourth-order valence-electron chi connectivity index (χ4n) is 1.42. The number of carbonyl (C=O) groups excluding carboxylic acids is 1. The number of rotatable bonds is 2. The van der Waals surface area contributed by atoms with Crippen LogP contribution in [0.5, 0.6) is 5.75 Å².